The summed E-state index contributed by atoms with van der Waals surface area (Å²) in [5.74, 6) is 0.696. The normalized spacial score (nSPS) is 31.5. The number of hydrogen-bond donors (Lipinski definition) is 3. The van der Waals surface area contributed by atoms with Gasteiger partial charge in [-0.3, -0.25) is 4.57 Å². The van der Waals surface area contributed by atoms with Crippen LogP contribution < -0.4 is 0 Å². The standard InChI is InChI=1S/C11H21BNO6P/c1-13(2)5-3-6-18-10-9(14)8(19-11(10)12)4-7-20(15,16)17/h4,7-11,14H,3,5-6H2,1-2H3,(H2,15,16,17)/b7-4+/t8-,9?,10?,11-/m1/s1. The molecule has 7 nitrogen and oxygen atoms in total. The highest BCUT2D eigenvalue weighted by atomic mass is 31.2. The van der Waals surface area contributed by atoms with Crippen LogP contribution in [-0.4, -0.2) is 79.2 Å². The van der Waals surface area contributed by atoms with Crippen LogP contribution in [0.15, 0.2) is 11.9 Å². The molecule has 0 saturated carbocycles. The van der Waals surface area contributed by atoms with Gasteiger partial charge in [0.25, 0.3) is 0 Å². The van der Waals surface area contributed by atoms with Crippen LogP contribution in [0.3, 0.4) is 0 Å². The van der Waals surface area contributed by atoms with Crippen LogP contribution in [0.25, 0.3) is 0 Å². The number of aliphatic hydroxyl groups excluding tert-OH is 1. The number of ether oxygens (including phenoxy) is 2. The molecule has 1 rings (SSSR count). The fourth-order valence-corrected chi connectivity index (χ4v) is 2.26. The second-order valence-corrected chi connectivity index (χ2v) is 6.46. The monoisotopic (exact) mass is 305 g/mol. The van der Waals surface area contributed by atoms with Gasteiger partial charge in [0.1, 0.15) is 26.2 Å². The third kappa shape index (κ3) is 6.05. The van der Waals surface area contributed by atoms with Crippen LogP contribution in [0.2, 0.25) is 0 Å². The Hall–Kier alpha value is -0.205. The summed E-state index contributed by atoms with van der Waals surface area (Å²) in [5.41, 5.74) is 0. The van der Waals surface area contributed by atoms with E-state index >= 15 is 0 Å². The summed E-state index contributed by atoms with van der Waals surface area (Å²) in [4.78, 5) is 19.5. The van der Waals surface area contributed by atoms with Crippen molar-refractivity contribution < 1.29 is 28.9 Å². The van der Waals surface area contributed by atoms with Gasteiger partial charge in [-0.1, -0.05) is 0 Å². The molecule has 114 valence electrons. The first-order valence-electron chi connectivity index (χ1n) is 6.31. The van der Waals surface area contributed by atoms with E-state index in [1.54, 1.807) is 0 Å². The second kappa shape index (κ2) is 7.70. The Morgan fingerprint density at radius 3 is 2.65 bits per heavy atom. The molecule has 1 fully saturated rings. The molecule has 20 heavy (non-hydrogen) atoms. The average Bonchev–Trinajstić information content (AvgIpc) is 2.57. The third-order valence-electron chi connectivity index (χ3n) is 2.84. The van der Waals surface area contributed by atoms with Gasteiger partial charge >= 0.3 is 7.60 Å². The third-order valence-corrected chi connectivity index (χ3v) is 3.40. The minimum absolute atomic E-state index is 0.423. The predicted octanol–water partition coefficient (Wildman–Crippen LogP) is -0.731. The fraction of sp³-hybridized carbons (Fsp3) is 0.818. The largest absolute Gasteiger partial charge is 0.387 e. The van der Waals surface area contributed by atoms with E-state index in [1.165, 1.54) is 0 Å². The molecule has 9 heteroatoms. The van der Waals surface area contributed by atoms with Crippen LogP contribution >= 0.6 is 7.60 Å². The lowest BCUT2D eigenvalue weighted by Crippen LogP contribution is -2.35. The van der Waals surface area contributed by atoms with E-state index in [2.05, 4.69) is 0 Å². The topological polar surface area (TPSA) is 99.5 Å². The van der Waals surface area contributed by atoms with Gasteiger partial charge in [0, 0.05) is 18.4 Å². The zero-order valence-electron chi connectivity index (χ0n) is 11.6. The van der Waals surface area contributed by atoms with Crippen LogP contribution in [0.1, 0.15) is 6.42 Å². The van der Waals surface area contributed by atoms with Crippen LogP contribution in [0.4, 0.5) is 0 Å². The molecule has 0 amide bonds. The van der Waals surface area contributed by atoms with E-state index in [4.69, 9.17) is 27.1 Å². The summed E-state index contributed by atoms with van der Waals surface area (Å²) in [7, 11) is 5.31. The lowest BCUT2D eigenvalue weighted by molar-refractivity contribution is -0.0214. The second-order valence-electron chi connectivity index (χ2n) is 4.98. The van der Waals surface area contributed by atoms with Gasteiger partial charge in [-0.25, -0.2) is 0 Å². The Kier molecular flexibility index (Phi) is 6.87. The van der Waals surface area contributed by atoms with Crippen molar-refractivity contribution in [1.82, 2.24) is 4.90 Å². The maximum Gasteiger partial charge on any atom is 0.348 e. The predicted molar refractivity (Wildman–Crippen MR) is 74.5 cm³/mol. The summed E-state index contributed by atoms with van der Waals surface area (Å²) >= 11 is 0. The lowest BCUT2D eigenvalue weighted by atomic mass is 9.93. The minimum Gasteiger partial charge on any atom is -0.387 e. The zero-order valence-corrected chi connectivity index (χ0v) is 12.5. The Morgan fingerprint density at radius 2 is 2.10 bits per heavy atom. The highest BCUT2D eigenvalue weighted by molar-refractivity contribution is 7.55. The first kappa shape index (κ1) is 17.8. The quantitative estimate of drug-likeness (QED) is 0.324. The van der Waals surface area contributed by atoms with Gasteiger partial charge in [-0.15, -0.1) is 0 Å². The van der Waals surface area contributed by atoms with Crippen LogP contribution in [0, 0.1) is 0 Å². The van der Waals surface area contributed by atoms with E-state index in [1.807, 2.05) is 19.0 Å². The van der Waals surface area contributed by atoms with Crippen molar-refractivity contribution in [3.8, 4) is 0 Å². The van der Waals surface area contributed by atoms with Crippen molar-refractivity contribution in [1.29, 1.82) is 0 Å². The maximum absolute atomic E-state index is 10.7. The van der Waals surface area contributed by atoms with E-state index < -0.39 is 31.9 Å². The Balaban J connectivity index is 2.46. The molecule has 0 aromatic rings. The van der Waals surface area contributed by atoms with E-state index in [9.17, 15) is 9.67 Å². The minimum atomic E-state index is -4.28. The Labute approximate surface area is 120 Å². The fourth-order valence-electron chi connectivity index (χ4n) is 1.87. The molecule has 1 aliphatic rings. The SMILES string of the molecule is [B][C@@H]1O[C@H](/C=C/P(=O)(O)O)C(O)C1OCCCN(C)C. The summed E-state index contributed by atoms with van der Waals surface area (Å²) in [6, 6.07) is -0.823. The molecule has 0 aliphatic carbocycles. The van der Waals surface area contributed by atoms with Crippen molar-refractivity contribution in [3.63, 3.8) is 0 Å². The molecule has 1 saturated heterocycles. The molecule has 4 atom stereocenters. The molecule has 0 spiro atoms. The van der Waals surface area contributed by atoms with Crippen molar-refractivity contribution in [2.45, 2.75) is 30.7 Å². The average molecular weight is 305 g/mol. The molecule has 2 radical (unpaired) electrons. The summed E-state index contributed by atoms with van der Waals surface area (Å²) in [6.45, 7) is 1.27. The number of hydrogen-bond acceptors (Lipinski definition) is 5. The van der Waals surface area contributed by atoms with Gasteiger partial charge in [0.2, 0.25) is 0 Å². The van der Waals surface area contributed by atoms with Gasteiger partial charge in [-0.05, 0) is 33.1 Å². The first-order valence-corrected chi connectivity index (χ1v) is 7.99. The van der Waals surface area contributed by atoms with Gasteiger partial charge in [0.05, 0.1) is 0 Å². The molecule has 0 bridgehead atoms. The van der Waals surface area contributed by atoms with Crippen molar-refractivity contribution >= 4 is 15.4 Å². The molecule has 1 heterocycles. The van der Waals surface area contributed by atoms with Gasteiger partial charge in [0.15, 0.2) is 0 Å². The van der Waals surface area contributed by atoms with E-state index in [-0.39, 0.29) is 0 Å². The van der Waals surface area contributed by atoms with E-state index in [0.717, 1.165) is 19.0 Å². The van der Waals surface area contributed by atoms with Crippen molar-refractivity contribution in [2.75, 3.05) is 27.2 Å². The Bertz CT molecular complexity index is 374. The molecule has 0 aromatic heterocycles. The molecule has 2 unspecified atom stereocenters. The van der Waals surface area contributed by atoms with E-state index in [0.29, 0.717) is 12.4 Å². The zero-order chi connectivity index (χ0) is 15.3. The van der Waals surface area contributed by atoms with Crippen LogP contribution in [0.5, 0.6) is 0 Å². The maximum atomic E-state index is 10.7. The lowest BCUT2D eigenvalue weighted by Gasteiger charge is -2.19. The van der Waals surface area contributed by atoms with Gasteiger partial charge < -0.3 is 29.3 Å². The number of rotatable bonds is 7. The van der Waals surface area contributed by atoms with Crippen molar-refractivity contribution in [2.24, 2.45) is 0 Å². The summed E-state index contributed by atoms with van der Waals surface area (Å²) < 4.78 is 21.4. The highest BCUT2D eigenvalue weighted by Crippen LogP contribution is 2.37. The van der Waals surface area contributed by atoms with Gasteiger partial charge in [-0.2, -0.15) is 0 Å². The molecular formula is C11H21BNO6P. The Morgan fingerprint density at radius 1 is 1.45 bits per heavy atom. The molecule has 3 N–H and O–H groups in total. The number of nitrogens with zero attached hydrogens (tertiary/aromatic N) is 1. The summed E-state index contributed by atoms with van der Waals surface area (Å²) in [5, 5.41) is 9.98. The molecule has 0 aromatic carbocycles. The number of aliphatic hydroxyl groups is 1. The smallest absolute Gasteiger partial charge is 0.348 e. The highest BCUT2D eigenvalue weighted by Gasteiger charge is 2.40. The van der Waals surface area contributed by atoms with Crippen molar-refractivity contribution in [3.05, 3.63) is 11.9 Å². The van der Waals surface area contributed by atoms with Crippen LogP contribution in [-0.2, 0) is 14.0 Å². The molecular weight excluding hydrogens is 284 g/mol. The summed E-state index contributed by atoms with van der Waals surface area (Å²) in [6.07, 6.45) is -0.729. The first-order chi connectivity index (χ1) is 9.20. The molecule has 1 aliphatic heterocycles.